The van der Waals surface area contributed by atoms with Crippen LogP contribution in [-0.2, 0) is 0 Å². The summed E-state index contributed by atoms with van der Waals surface area (Å²) < 4.78 is 0. The number of aromatic nitrogens is 1. The lowest BCUT2D eigenvalue weighted by atomic mass is 10.00. The molecule has 1 fully saturated rings. The van der Waals surface area contributed by atoms with Crippen molar-refractivity contribution in [2.75, 3.05) is 23.3 Å². The summed E-state index contributed by atoms with van der Waals surface area (Å²) in [6.45, 7) is 3.71. The number of carbonyl (C=O) groups is 2. The minimum absolute atomic E-state index is 0.0861. The Labute approximate surface area is 156 Å². The second-order valence-corrected chi connectivity index (χ2v) is 6.99. The SMILES string of the molecule is C[C@H]1CCCN(c2ncc(NC(=O)c3cccc(Cl)c3)cc2C(=O)O)C1. The molecule has 136 valence electrons. The van der Waals surface area contributed by atoms with Crippen molar-refractivity contribution in [1.82, 2.24) is 4.98 Å². The van der Waals surface area contributed by atoms with Gasteiger partial charge in [-0.2, -0.15) is 0 Å². The Balaban J connectivity index is 1.84. The van der Waals surface area contributed by atoms with Gasteiger partial charge in [-0.25, -0.2) is 9.78 Å². The highest BCUT2D eigenvalue weighted by molar-refractivity contribution is 6.31. The molecule has 1 aliphatic heterocycles. The summed E-state index contributed by atoms with van der Waals surface area (Å²) in [5.74, 6) is -0.492. The number of rotatable bonds is 4. The molecule has 1 aliphatic rings. The van der Waals surface area contributed by atoms with E-state index in [2.05, 4.69) is 17.2 Å². The van der Waals surface area contributed by atoms with Crippen molar-refractivity contribution in [3.8, 4) is 0 Å². The molecule has 2 N–H and O–H groups in total. The minimum atomic E-state index is -1.07. The number of anilines is 2. The molecule has 0 radical (unpaired) electrons. The molecular weight excluding hydrogens is 354 g/mol. The van der Waals surface area contributed by atoms with Crippen molar-refractivity contribution in [2.24, 2.45) is 5.92 Å². The lowest BCUT2D eigenvalue weighted by Gasteiger charge is -2.32. The Kier molecular flexibility index (Phi) is 5.42. The lowest BCUT2D eigenvalue weighted by Crippen LogP contribution is -2.36. The topological polar surface area (TPSA) is 82.5 Å². The molecule has 0 unspecified atom stereocenters. The molecule has 26 heavy (non-hydrogen) atoms. The molecule has 3 rings (SSSR count). The summed E-state index contributed by atoms with van der Waals surface area (Å²) in [5, 5.41) is 12.7. The van der Waals surface area contributed by atoms with Gasteiger partial charge in [-0.1, -0.05) is 24.6 Å². The number of halogens is 1. The highest BCUT2D eigenvalue weighted by atomic mass is 35.5. The zero-order valence-electron chi connectivity index (χ0n) is 14.4. The van der Waals surface area contributed by atoms with Crippen LogP contribution in [-0.4, -0.2) is 35.1 Å². The van der Waals surface area contributed by atoms with Crippen LogP contribution >= 0.6 is 11.6 Å². The van der Waals surface area contributed by atoms with Gasteiger partial charge in [0.2, 0.25) is 0 Å². The minimum Gasteiger partial charge on any atom is -0.478 e. The first kappa shape index (κ1) is 18.2. The highest BCUT2D eigenvalue weighted by Crippen LogP contribution is 2.26. The summed E-state index contributed by atoms with van der Waals surface area (Å²) in [6, 6.07) is 7.99. The molecule has 2 aromatic rings. The second kappa shape index (κ2) is 7.74. The fourth-order valence-corrected chi connectivity index (χ4v) is 3.34. The normalized spacial score (nSPS) is 17.0. The molecule has 1 aromatic heterocycles. The third kappa shape index (κ3) is 4.14. The van der Waals surface area contributed by atoms with Gasteiger partial charge in [0, 0.05) is 23.7 Å². The van der Waals surface area contributed by atoms with Gasteiger partial charge in [0.05, 0.1) is 11.9 Å². The largest absolute Gasteiger partial charge is 0.478 e. The van der Waals surface area contributed by atoms with Gasteiger partial charge >= 0.3 is 5.97 Å². The number of amides is 1. The van der Waals surface area contributed by atoms with E-state index in [9.17, 15) is 14.7 Å². The van der Waals surface area contributed by atoms with Crippen LogP contribution in [0.3, 0.4) is 0 Å². The number of hydrogen-bond acceptors (Lipinski definition) is 4. The summed E-state index contributed by atoms with van der Waals surface area (Å²) in [5.41, 5.74) is 0.812. The van der Waals surface area contributed by atoms with Gasteiger partial charge in [-0.3, -0.25) is 4.79 Å². The van der Waals surface area contributed by atoms with Crippen LogP contribution in [0.5, 0.6) is 0 Å². The molecule has 0 bridgehead atoms. The highest BCUT2D eigenvalue weighted by Gasteiger charge is 2.23. The van der Waals surface area contributed by atoms with Gasteiger partial charge in [0.1, 0.15) is 11.4 Å². The zero-order chi connectivity index (χ0) is 18.7. The molecule has 1 amide bonds. The van der Waals surface area contributed by atoms with E-state index in [0.29, 0.717) is 28.0 Å². The second-order valence-electron chi connectivity index (χ2n) is 6.56. The molecule has 0 saturated carbocycles. The molecular formula is C19H20ClN3O3. The molecule has 6 nitrogen and oxygen atoms in total. The standard InChI is InChI=1S/C19H20ClN3O3/c1-12-4-3-7-23(11-12)17-16(19(25)26)9-15(10-21-17)22-18(24)13-5-2-6-14(20)8-13/h2,5-6,8-10,12H,3-4,7,11H2,1H3,(H,22,24)(H,25,26)/t12-/m0/s1. The maximum atomic E-state index is 12.3. The first-order valence-electron chi connectivity index (χ1n) is 8.49. The fraction of sp³-hybridized carbons (Fsp3) is 0.316. The Bertz CT molecular complexity index is 841. The van der Waals surface area contributed by atoms with Crippen LogP contribution in [0.15, 0.2) is 36.5 Å². The van der Waals surface area contributed by atoms with Crippen molar-refractivity contribution in [3.63, 3.8) is 0 Å². The van der Waals surface area contributed by atoms with Crippen LogP contribution in [0.2, 0.25) is 5.02 Å². The summed E-state index contributed by atoms with van der Waals surface area (Å²) in [7, 11) is 0. The monoisotopic (exact) mass is 373 g/mol. The van der Waals surface area contributed by atoms with Gasteiger partial charge in [0.25, 0.3) is 5.91 Å². The van der Waals surface area contributed by atoms with Crippen LogP contribution in [0.4, 0.5) is 11.5 Å². The molecule has 0 spiro atoms. The number of nitrogens with zero attached hydrogens (tertiary/aromatic N) is 2. The van der Waals surface area contributed by atoms with E-state index in [1.165, 1.54) is 12.3 Å². The van der Waals surface area contributed by atoms with E-state index < -0.39 is 5.97 Å². The number of nitrogens with one attached hydrogen (secondary N) is 1. The Morgan fingerprint density at radius 2 is 2.15 bits per heavy atom. The number of carboxylic acid groups (broad SMARTS) is 1. The maximum absolute atomic E-state index is 12.3. The van der Waals surface area contributed by atoms with Crippen LogP contribution < -0.4 is 10.2 Å². The summed E-state index contributed by atoms with van der Waals surface area (Å²) >= 11 is 5.90. The number of carboxylic acids is 1. The smallest absolute Gasteiger partial charge is 0.339 e. The molecule has 1 aromatic carbocycles. The number of carbonyl (C=O) groups excluding carboxylic acids is 1. The third-order valence-corrected chi connectivity index (χ3v) is 4.63. The number of hydrogen-bond donors (Lipinski definition) is 2. The molecule has 1 saturated heterocycles. The number of pyridine rings is 1. The first-order chi connectivity index (χ1) is 12.4. The summed E-state index contributed by atoms with van der Waals surface area (Å²) in [4.78, 5) is 30.4. The van der Waals surface area contributed by atoms with Crippen LogP contribution in [0.1, 0.15) is 40.5 Å². The third-order valence-electron chi connectivity index (χ3n) is 4.40. The number of piperidine rings is 1. The molecule has 2 heterocycles. The molecule has 1 atom stereocenters. The fourth-order valence-electron chi connectivity index (χ4n) is 3.15. The predicted molar refractivity (Wildman–Crippen MR) is 101 cm³/mol. The van der Waals surface area contributed by atoms with Crippen molar-refractivity contribution < 1.29 is 14.7 Å². The van der Waals surface area contributed by atoms with Gasteiger partial charge in [-0.15, -0.1) is 0 Å². The van der Waals surface area contributed by atoms with Crippen LogP contribution in [0.25, 0.3) is 0 Å². The quantitative estimate of drug-likeness (QED) is 0.848. The van der Waals surface area contributed by atoms with Crippen molar-refractivity contribution in [3.05, 3.63) is 52.7 Å². The van der Waals surface area contributed by atoms with Gasteiger partial charge < -0.3 is 15.3 Å². The predicted octanol–water partition coefficient (Wildman–Crippen LogP) is 3.92. The van der Waals surface area contributed by atoms with Gasteiger partial charge in [-0.05, 0) is 43.0 Å². The van der Waals surface area contributed by atoms with Gasteiger partial charge in [0.15, 0.2) is 0 Å². The first-order valence-corrected chi connectivity index (χ1v) is 8.87. The van der Waals surface area contributed by atoms with Crippen LogP contribution in [0, 0.1) is 5.92 Å². The maximum Gasteiger partial charge on any atom is 0.339 e. The van der Waals surface area contributed by atoms with E-state index in [-0.39, 0.29) is 11.5 Å². The average Bonchev–Trinajstić information content (AvgIpc) is 2.61. The molecule has 0 aliphatic carbocycles. The van der Waals surface area contributed by atoms with Crippen molar-refractivity contribution >= 4 is 35.0 Å². The summed E-state index contributed by atoms with van der Waals surface area (Å²) in [6.07, 6.45) is 3.63. The average molecular weight is 374 g/mol. The van der Waals surface area contributed by atoms with Crippen molar-refractivity contribution in [2.45, 2.75) is 19.8 Å². The van der Waals surface area contributed by atoms with Crippen molar-refractivity contribution in [1.29, 1.82) is 0 Å². The Hall–Kier alpha value is -2.60. The van der Waals surface area contributed by atoms with E-state index in [1.807, 2.05) is 4.90 Å². The number of benzene rings is 1. The Morgan fingerprint density at radius 1 is 1.35 bits per heavy atom. The van der Waals surface area contributed by atoms with E-state index >= 15 is 0 Å². The van der Waals surface area contributed by atoms with E-state index in [1.54, 1.807) is 24.3 Å². The Morgan fingerprint density at radius 3 is 2.85 bits per heavy atom. The zero-order valence-corrected chi connectivity index (χ0v) is 15.2. The van der Waals surface area contributed by atoms with E-state index in [4.69, 9.17) is 11.6 Å². The van der Waals surface area contributed by atoms with E-state index in [0.717, 1.165) is 25.9 Å². The molecule has 7 heteroatoms. The lowest BCUT2D eigenvalue weighted by molar-refractivity contribution is 0.0696. The number of aromatic carboxylic acids is 1.